The van der Waals surface area contributed by atoms with Gasteiger partial charge in [-0.3, -0.25) is 9.78 Å². The van der Waals surface area contributed by atoms with Crippen molar-refractivity contribution in [2.24, 2.45) is 0 Å². The van der Waals surface area contributed by atoms with Gasteiger partial charge in [0.1, 0.15) is 0 Å². The zero-order valence-electron chi connectivity index (χ0n) is 11.3. The van der Waals surface area contributed by atoms with Crippen LogP contribution in [0.4, 0.5) is 0 Å². The van der Waals surface area contributed by atoms with Gasteiger partial charge < -0.3 is 9.88 Å². The Morgan fingerprint density at radius 1 is 1.22 bits per heavy atom. The Hall–Kier alpha value is -1.36. The minimum absolute atomic E-state index is 0.261. The fourth-order valence-electron chi connectivity index (χ4n) is 1.81. The smallest absolute Gasteiger partial charge is 0.317 e. The Balaban J connectivity index is 2.47. The summed E-state index contributed by atoms with van der Waals surface area (Å²) in [6.07, 6.45) is 5.44. The predicted molar refractivity (Wildman–Crippen MR) is 73.1 cm³/mol. The van der Waals surface area contributed by atoms with Crippen LogP contribution in [0.5, 0.6) is 0 Å². The van der Waals surface area contributed by atoms with E-state index >= 15 is 0 Å². The van der Waals surface area contributed by atoms with Gasteiger partial charge in [0.25, 0.3) is 5.56 Å². The molecule has 5 nitrogen and oxygen atoms in total. The van der Waals surface area contributed by atoms with Crippen molar-refractivity contribution in [3.63, 3.8) is 0 Å². The third kappa shape index (κ3) is 4.49. The van der Waals surface area contributed by atoms with Gasteiger partial charge in [0.2, 0.25) is 0 Å². The first-order valence-electron chi connectivity index (χ1n) is 6.72. The number of nitrogens with one attached hydrogen (secondary N) is 2. The first kappa shape index (κ1) is 14.7. The second-order valence-electron chi connectivity index (χ2n) is 4.42. The summed E-state index contributed by atoms with van der Waals surface area (Å²) in [6, 6.07) is 0. The van der Waals surface area contributed by atoms with Crippen LogP contribution in [0.15, 0.2) is 15.8 Å². The first-order chi connectivity index (χ1) is 8.69. The molecule has 0 atom stereocenters. The molecule has 0 saturated heterocycles. The molecule has 18 heavy (non-hydrogen) atoms. The van der Waals surface area contributed by atoms with E-state index in [1.165, 1.54) is 0 Å². The largest absolute Gasteiger partial charge is 0.328 e. The Morgan fingerprint density at radius 3 is 2.67 bits per heavy atom. The lowest BCUT2D eigenvalue weighted by Gasteiger charge is -2.07. The van der Waals surface area contributed by atoms with E-state index in [-0.39, 0.29) is 11.2 Å². The number of hydrogen-bond acceptors (Lipinski definition) is 3. The van der Waals surface area contributed by atoms with Crippen molar-refractivity contribution in [3.05, 3.63) is 32.6 Å². The zero-order valence-corrected chi connectivity index (χ0v) is 11.3. The SMILES string of the molecule is CCCNCCCCn1cc(CC)c(=O)[nH]c1=O. The monoisotopic (exact) mass is 253 g/mol. The third-order valence-corrected chi connectivity index (χ3v) is 2.89. The average Bonchev–Trinajstić information content (AvgIpc) is 2.36. The molecule has 0 aliphatic heterocycles. The van der Waals surface area contributed by atoms with E-state index in [1.807, 2.05) is 6.92 Å². The average molecular weight is 253 g/mol. The summed E-state index contributed by atoms with van der Waals surface area (Å²) in [6.45, 7) is 6.73. The van der Waals surface area contributed by atoms with Gasteiger partial charge in [-0.05, 0) is 38.8 Å². The molecule has 2 N–H and O–H groups in total. The van der Waals surface area contributed by atoms with E-state index in [9.17, 15) is 9.59 Å². The van der Waals surface area contributed by atoms with Gasteiger partial charge in [0.05, 0.1) is 0 Å². The lowest BCUT2D eigenvalue weighted by molar-refractivity contribution is 0.548. The Morgan fingerprint density at radius 2 is 2.00 bits per heavy atom. The molecule has 0 aliphatic rings. The molecule has 0 aliphatic carbocycles. The lowest BCUT2D eigenvalue weighted by Crippen LogP contribution is -2.31. The van der Waals surface area contributed by atoms with Crippen LogP contribution in [0.25, 0.3) is 0 Å². The van der Waals surface area contributed by atoms with Gasteiger partial charge in [0, 0.05) is 18.3 Å². The highest BCUT2D eigenvalue weighted by Crippen LogP contribution is 1.94. The number of hydrogen-bond donors (Lipinski definition) is 2. The molecule has 102 valence electrons. The lowest BCUT2D eigenvalue weighted by atomic mass is 10.2. The van der Waals surface area contributed by atoms with Crippen LogP contribution < -0.4 is 16.6 Å². The molecule has 0 aromatic carbocycles. The van der Waals surface area contributed by atoms with Crippen LogP contribution in [0.2, 0.25) is 0 Å². The van der Waals surface area contributed by atoms with Crippen molar-refractivity contribution in [1.29, 1.82) is 0 Å². The summed E-state index contributed by atoms with van der Waals surface area (Å²) in [5.41, 5.74) is 0.0980. The van der Waals surface area contributed by atoms with E-state index in [2.05, 4.69) is 17.2 Å². The third-order valence-electron chi connectivity index (χ3n) is 2.89. The summed E-state index contributed by atoms with van der Waals surface area (Å²) in [4.78, 5) is 25.3. The number of nitrogens with zero attached hydrogens (tertiary/aromatic N) is 1. The van der Waals surface area contributed by atoms with Crippen LogP contribution >= 0.6 is 0 Å². The number of H-pyrrole nitrogens is 1. The van der Waals surface area contributed by atoms with Gasteiger partial charge in [-0.2, -0.15) is 0 Å². The molecule has 0 saturated carbocycles. The molecule has 0 unspecified atom stereocenters. The van der Waals surface area contributed by atoms with Crippen LogP contribution in [0.1, 0.15) is 38.7 Å². The first-order valence-corrected chi connectivity index (χ1v) is 6.72. The molecule has 1 aromatic rings. The highest BCUT2D eigenvalue weighted by molar-refractivity contribution is 5.03. The van der Waals surface area contributed by atoms with Crippen molar-refractivity contribution >= 4 is 0 Å². The Bertz CT molecular complexity index is 462. The van der Waals surface area contributed by atoms with Gasteiger partial charge in [-0.15, -0.1) is 0 Å². The van der Waals surface area contributed by atoms with Crippen molar-refractivity contribution in [3.8, 4) is 0 Å². The number of rotatable bonds is 8. The molecular formula is C13H23N3O2. The topological polar surface area (TPSA) is 66.9 Å². The van der Waals surface area contributed by atoms with E-state index in [0.717, 1.165) is 32.4 Å². The molecule has 0 amide bonds. The summed E-state index contributed by atoms with van der Waals surface area (Å²) in [5, 5.41) is 3.32. The zero-order chi connectivity index (χ0) is 13.4. The van der Waals surface area contributed by atoms with E-state index in [0.29, 0.717) is 18.5 Å². The predicted octanol–water partition coefficient (Wildman–Crippen LogP) is 0.879. The quantitative estimate of drug-likeness (QED) is 0.676. The minimum Gasteiger partial charge on any atom is -0.317 e. The fourth-order valence-corrected chi connectivity index (χ4v) is 1.81. The molecule has 0 fully saturated rings. The highest BCUT2D eigenvalue weighted by atomic mass is 16.2. The van der Waals surface area contributed by atoms with Crippen molar-refractivity contribution in [2.75, 3.05) is 13.1 Å². The summed E-state index contributed by atoms with van der Waals surface area (Å²) in [5.74, 6) is 0. The van der Waals surface area contributed by atoms with Crippen molar-refractivity contribution in [2.45, 2.75) is 46.1 Å². The number of aromatic amines is 1. The van der Waals surface area contributed by atoms with Crippen LogP contribution in [0.3, 0.4) is 0 Å². The van der Waals surface area contributed by atoms with Gasteiger partial charge in [-0.25, -0.2) is 4.79 Å². The minimum atomic E-state index is -0.307. The molecule has 1 aromatic heterocycles. The van der Waals surface area contributed by atoms with E-state index in [4.69, 9.17) is 0 Å². The number of aryl methyl sites for hydroxylation is 2. The van der Waals surface area contributed by atoms with E-state index < -0.39 is 0 Å². The van der Waals surface area contributed by atoms with Crippen LogP contribution in [0, 0.1) is 0 Å². The molecular weight excluding hydrogens is 230 g/mol. The van der Waals surface area contributed by atoms with Gasteiger partial charge in [-0.1, -0.05) is 13.8 Å². The second kappa shape index (κ2) is 7.87. The molecule has 0 spiro atoms. The van der Waals surface area contributed by atoms with Gasteiger partial charge >= 0.3 is 5.69 Å². The standard InChI is InChI=1S/C13H23N3O2/c1-3-7-14-8-5-6-9-16-10-11(4-2)12(17)15-13(16)18/h10,14H,3-9H2,1-2H3,(H,15,17,18). The second-order valence-corrected chi connectivity index (χ2v) is 4.42. The summed E-state index contributed by atoms with van der Waals surface area (Å²) in [7, 11) is 0. The Kier molecular flexibility index (Phi) is 6.43. The van der Waals surface area contributed by atoms with E-state index in [1.54, 1.807) is 10.8 Å². The van der Waals surface area contributed by atoms with Crippen LogP contribution in [-0.4, -0.2) is 22.6 Å². The van der Waals surface area contributed by atoms with Crippen molar-refractivity contribution in [1.82, 2.24) is 14.9 Å². The maximum absolute atomic E-state index is 11.6. The Labute approximate surface area is 107 Å². The molecule has 1 heterocycles. The highest BCUT2D eigenvalue weighted by Gasteiger charge is 2.02. The van der Waals surface area contributed by atoms with Crippen molar-refractivity contribution < 1.29 is 0 Å². The summed E-state index contributed by atoms with van der Waals surface area (Å²) < 4.78 is 1.60. The van der Waals surface area contributed by atoms with Gasteiger partial charge in [0.15, 0.2) is 0 Å². The molecule has 5 heteroatoms. The van der Waals surface area contributed by atoms with Crippen LogP contribution in [-0.2, 0) is 13.0 Å². The molecule has 0 radical (unpaired) electrons. The number of aromatic nitrogens is 2. The summed E-state index contributed by atoms with van der Waals surface area (Å²) >= 11 is 0. The maximum Gasteiger partial charge on any atom is 0.328 e. The number of unbranched alkanes of at least 4 members (excludes halogenated alkanes) is 1. The molecule has 1 rings (SSSR count). The maximum atomic E-state index is 11.6. The fraction of sp³-hybridized carbons (Fsp3) is 0.692. The normalized spacial score (nSPS) is 10.8. The molecule has 0 bridgehead atoms.